The largest absolute Gasteiger partial charge is 0.488 e. The van der Waals surface area contributed by atoms with Crippen LogP contribution >= 0.6 is 23.2 Å². The van der Waals surface area contributed by atoms with Crippen LogP contribution in [0, 0.1) is 5.92 Å². The quantitative estimate of drug-likeness (QED) is 0.596. The third-order valence-electron chi connectivity index (χ3n) is 5.85. The molecule has 33 heavy (non-hydrogen) atoms. The van der Waals surface area contributed by atoms with Crippen molar-refractivity contribution >= 4 is 40.5 Å². The number of carbonyl (C=O) groups is 1. The number of methoxy groups -OCH3 is 1. The van der Waals surface area contributed by atoms with E-state index in [-0.39, 0.29) is 6.10 Å². The zero-order valence-electron chi connectivity index (χ0n) is 19.3. The lowest BCUT2D eigenvalue weighted by atomic mass is 9.96. The molecule has 7 nitrogen and oxygen atoms in total. The molecular weight excluding hydrogens is 465 g/mol. The van der Waals surface area contributed by atoms with Gasteiger partial charge < -0.3 is 24.4 Å². The van der Waals surface area contributed by atoms with E-state index in [4.69, 9.17) is 42.6 Å². The monoisotopic (exact) mass is 495 g/mol. The normalized spacial score (nSPS) is 20.2. The molecule has 2 aliphatic rings. The molecule has 0 aliphatic carbocycles. The third kappa shape index (κ3) is 6.81. The van der Waals surface area contributed by atoms with Crippen molar-refractivity contribution in [1.82, 2.24) is 4.98 Å². The van der Waals surface area contributed by atoms with E-state index in [1.807, 2.05) is 18.2 Å². The van der Waals surface area contributed by atoms with Crippen LogP contribution in [0.4, 0.5) is 11.4 Å². The summed E-state index contributed by atoms with van der Waals surface area (Å²) in [7, 11) is 1.61. The van der Waals surface area contributed by atoms with Crippen LogP contribution in [0.15, 0.2) is 30.5 Å². The summed E-state index contributed by atoms with van der Waals surface area (Å²) in [5.41, 5.74) is 2.14. The average molecular weight is 496 g/mol. The number of pyridine rings is 1. The van der Waals surface area contributed by atoms with Crippen molar-refractivity contribution in [3.05, 3.63) is 40.5 Å². The van der Waals surface area contributed by atoms with Crippen molar-refractivity contribution < 1.29 is 19.4 Å². The van der Waals surface area contributed by atoms with Crippen molar-refractivity contribution in [3.63, 3.8) is 0 Å². The number of piperidine rings is 1. The minimum atomic E-state index is -0.833. The number of halogens is 2. The molecule has 180 valence electrons. The Morgan fingerprint density at radius 3 is 2.42 bits per heavy atom. The number of hydrogen-bond donors (Lipinski definition) is 1. The molecule has 0 amide bonds. The van der Waals surface area contributed by atoms with E-state index in [0.29, 0.717) is 21.8 Å². The summed E-state index contributed by atoms with van der Waals surface area (Å²) >= 11 is 12.9. The number of carboxylic acids is 1. The van der Waals surface area contributed by atoms with Gasteiger partial charge >= 0.3 is 0 Å². The molecule has 9 heteroatoms. The zero-order chi connectivity index (χ0) is 24.0. The summed E-state index contributed by atoms with van der Waals surface area (Å²) < 4.78 is 11.6. The molecule has 2 unspecified atom stereocenters. The molecule has 2 fully saturated rings. The molecule has 0 saturated carbocycles. The van der Waals surface area contributed by atoms with Crippen LogP contribution in [-0.2, 0) is 4.79 Å². The van der Waals surface area contributed by atoms with E-state index in [0.717, 1.165) is 51.0 Å². The minimum absolute atomic E-state index is 0.115. The Kier molecular flexibility index (Phi) is 8.92. The Balaban J connectivity index is 0.000000709. The highest BCUT2D eigenvalue weighted by molar-refractivity contribution is 6.33. The van der Waals surface area contributed by atoms with Gasteiger partial charge in [-0.15, -0.1) is 0 Å². The highest BCUT2D eigenvalue weighted by Gasteiger charge is 2.29. The van der Waals surface area contributed by atoms with Crippen LogP contribution in [0.5, 0.6) is 11.6 Å². The first-order valence-electron chi connectivity index (χ1n) is 11.1. The van der Waals surface area contributed by atoms with Gasteiger partial charge in [-0.25, -0.2) is 4.98 Å². The second-order valence-electron chi connectivity index (χ2n) is 8.37. The van der Waals surface area contributed by atoms with E-state index in [1.54, 1.807) is 13.3 Å². The van der Waals surface area contributed by atoms with Gasteiger partial charge in [0.15, 0.2) is 0 Å². The zero-order valence-corrected chi connectivity index (χ0v) is 20.8. The molecule has 2 saturated heterocycles. The van der Waals surface area contributed by atoms with Crippen LogP contribution in [-0.4, -0.2) is 55.5 Å². The van der Waals surface area contributed by atoms with E-state index < -0.39 is 5.97 Å². The number of aliphatic carboxylic acids is 1. The van der Waals surface area contributed by atoms with Gasteiger partial charge in [-0.05, 0) is 31.0 Å². The molecule has 1 N–H and O–H groups in total. The van der Waals surface area contributed by atoms with Crippen LogP contribution in [0.25, 0.3) is 0 Å². The molecule has 0 radical (unpaired) electrons. The maximum atomic E-state index is 9.00. The number of carboxylic acid groups (broad SMARTS) is 1. The van der Waals surface area contributed by atoms with Gasteiger partial charge in [0.05, 0.1) is 29.0 Å². The first kappa shape index (κ1) is 25.2. The van der Waals surface area contributed by atoms with Crippen molar-refractivity contribution in [2.45, 2.75) is 39.2 Å². The number of rotatable bonds is 5. The van der Waals surface area contributed by atoms with Crippen LogP contribution in [0.1, 0.15) is 33.1 Å². The van der Waals surface area contributed by atoms with E-state index >= 15 is 0 Å². The Morgan fingerprint density at radius 1 is 1.12 bits per heavy atom. The van der Waals surface area contributed by atoms with Crippen LogP contribution < -0.4 is 19.3 Å². The van der Waals surface area contributed by atoms with Crippen molar-refractivity contribution in [1.29, 1.82) is 0 Å². The Labute approximate surface area is 205 Å². The van der Waals surface area contributed by atoms with E-state index in [2.05, 4.69) is 27.8 Å². The van der Waals surface area contributed by atoms with Gasteiger partial charge in [-0.1, -0.05) is 30.1 Å². The summed E-state index contributed by atoms with van der Waals surface area (Å²) in [6.45, 7) is 7.20. The first-order valence-corrected chi connectivity index (χ1v) is 11.9. The van der Waals surface area contributed by atoms with Crippen LogP contribution in [0.2, 0.25) is 10.0 Å². The van der Waals surface area contributed by atoms with Crippen molar-refractivity contribution in [2.24, 2.45) is 5.92 Å². The molecule has 2 aromatic rings. The second kappa shape index (κ2) is 11.7. The van der Waals surface area contributed by atoms with Gasteiger partial charge in [0.1, 0.15) is 11.9 Å². The SMILES string of the molecule is CC(=O)O.COc1cc(N2CCC(Oc3ccc(N4CCCC4)cc3Cl)C(C)C2)c(Cl)cn1. The Bertz CT molecular complexity index is 949. The number of hydrogen-bond acceptors (Lipinski definition) is 6. The Hall–Kier alpha value is -2.38. The molecule has 3 heterocycles. The number of aromatic nitrogens is 1. The fourth-order valence-corrected chi connectivity index (χ4v) is 4.64. The maximum absolute atomic E-state index is 9.00. The molecule has 2 aliphatic heterocycles. The van der Waals surface area contributed by atoms with E-state index in [9.17, 15) is 0 Å². The molecule has 0 spiro atoms. The minimum Gasteiger partial charge on any atom is -0.488 e. The molecule has 0 bridgehead atoms. The summed E-state index contributed by atoms with van der Waals surface area (Å²) in [5.74, 6) is 0.831. The number of nitrogens with zero attached hydrogens (tertiary/aromatic N) is 3. The molecule has 4 rings (SSSR count). The average Bonchev–Trinajstić information content (AvgIpc) is 3.31. The molecule has 1 aromatic heterocycles. The van der Waals surface area contributed by atoms with Gasteiger partial charge in [0.25, 0.3) is 5.97 Å². The van der Waals surface area contributed by atoms with E-state index in [1.165, 1.54) is 18.5 Å². The highest BCUT2D eigenvalue weighted by Crippen LogP contribution is 2.35. The fraction of sp³-hybridized carbons (Fsp3) is 0.500. The highest BCUT2D eigenvalue weighted by atomic mass is 35.5. The smallest absolute Gasteiger partial charge is 0.300 e. The lowest BCUT2D eigenvalue weighted by Gasteiger charge is -2.38. The third-order valence-corrected chi connectivity index (χ3v) is 6.44. The van der Waals surface area contributed by atoms with Gasteiger partial charge in [0, 0.05) is 57.2 Å². The maximum Gasteiger partial charge on any atom is 0.300 e. The molecular formula is C24H31Cl2N3O4. The predicted octanol–water partition coefficient (Wildman–Crippen LogP) is 5.38. The van der Waals surface area contributed by atoms with Gasteiger partial charge in [-0.2, -0.15) is 0 Å². The number of anilines is 2. The Morgan fingerprint density at radius 2 is 1.82 bits per heavy atom. The summed E-state index contributed by atoms with van der Waals surface area (Å²) in [6, 6.07) is 8.06. The van der Waals surface area contributed by atoms with Gasteiger partial charge in [-0.3, -0.25) is 4.79 Å². The molecule has 1 aromatic carbocycles. The topological polar surface area (TPSA) is 75.1 Å². The summed E-state index contributed by atoms with van der Waals surface area (Å²) in [5, 5.41) is 8.74. The summed E-state index contributed by atoms with van der Waals surface area (Å²) in [6.07, 6.45) is 5.15. The van der Waals surface area contributed by atoms with Gasteiger partial charge in [0.2, 0.25) is 5.88 Å². The van der Waals surface area contributed by atoms with Crippen molar-refractivity contribution in [3.8, 4) is 11.6 Å². The van der Waals surface area contributed by atoms with Crippen LogP contribution in [0.3, 0.4) is 0 Å². The lowest BCUT2D eigenvalue weighted by molar-refractivity contribution is -0.134. The second-order valence-corrected chi connectivity index (χ2v) is 9.19. The standard InChI is InChI=1S/C22H27Cl2N3O2.C2H4O2/c1-15-14-27(19-12-22(28-2)25-13-18(19)24)10-7-20(15)29-21-6-5-16(11-17(21)23)26-8-3-4-9-26;1-2(3)4/h5-6,11-13,15,20H,3-4,7-10,14H2,1-2H3;1H3,(H,3,4). The number of benzene rings is 1. The lowest BCUT2D eigenvalue weighted by Crippen LogP contribution is -2.44. The predicted molar refractivity (Wildman–Crippen MR) is 132 cm³/mol. The van der Waals surface area contributed by atoms with Crippen molar-refractivity contribution in [2.75, 3.05) is 43.1 Å². The number of ether oxygens (including phenoxy) is 2. The summed E-state index contributed by atoms with van der Waals surface area (Å²) in [4.78, 5) is 17.8. The first-order chi connectivity index (χ1) is 15.8. The fourth-order valence-electron chi connectivity index (χ4n) is 4.20. The molecule has 2 atom stereocenters.